The maximum atomic E-state index is 11.4. The minimum atomic E-state index is -0.236. The quantitative estimate of drug-likeness (QED) is 0.646. The number of hydrogen-bond acceptors (Lipinski definition) is 4. The molecule has 0 amide bonds. The molecule has 1 aliphatic heterocycles. The van der Waals surface area contributed by atoms with Gasteiger partial charge >= 0.3 is 0 Å². The lowest BCUT2D eigenvalue weighted by molar-refractivity contribution is -0.326. The van der Waals surface area contributed by atoms with E-state index >= 15 is 0 Å². The molecular formula is C20H32N2O2. The molecule has 0 saturated carbocycles. The van der Waals surface area contributed by atoms with Crippen LogP contribution in [0.4, 0.5) is 0 Å². The topological polar surface area (TPSA) is 41.9 Å². The Morgan fingerprint density at radius 3 is 2.33 bits per heavy atom. The number of benzene rings is 1. The fourth-order valence-electron chi connectivity index (χ4n) is 4.42. The first-order chi connectivity index (χ1) is 11.3. The second-order valence-corrected chi connectivity index (χ2v) is 7.74. The first kappa shape index (κ1) is 19.1. The van der Waals surface area contributed by atoms with Crippen molar-refractivity contribution in [2.75, 3.05) is 0 Å². The molecule has 4 heteroatoms. The Kier molecular flexibility index (Phi) is 5.82. The highest BCUT2D eigenvalue weighted by molar-refractivity contribution is 5.17. The molecule has 0 spiro atoms. The largest absolute Gasteiger partial charge is 0.290 e. The Balaban J connectivity index is 2.37. The molecule has 0 aromatic heterocycles. The molecular weight excluding hydrogens is 300 g/mol. The van der Waals surface area contributed by atoms with Gasteiger partial charge in [-0.1, -0.05) is 56.3 Å². The van der Waals surface area contributed by atoms with Crippen molar-refractivity contribution in [3.05, 3.63) is 40.8 Å². The highest BCUT2D eigenvalue weighted by atomic mass is 16.7. The van der Waals surface area contributed by atoms with Crippen molar-refractivity contribution in [1.82, 2.24) is 5.06 Å². The first-order valence-electron chi connectivity index (χ1n) is 9.17. The fraction of sp³-hybridized carbons (Fsp3) is 0.700. The molecule has 1 aliphatic rings. The number of hydroxylamine groups is 2. The van der Waals surface area contributed by atoms with E-state index in [-0.39, 0.29) is 29.1 Å². The van der Waals surface area contributed by atoms with Crippen LogP contribution in [0.2, 0.25) is 0 Å². The van der Waals surface area contributed by atoms with Crippen molar-refractivity contribution < 1.29 is 4.84 Å². The van der Waals surface area contributed by atoms with Gasteiger partial charge in [0, 0.05) is 11.5 Å². The molecule has 1 aromatic carbocycles. The molecule has 0 bridgehead atoms. The molecule has 0 aliphatic carbocycles. The van der Waals surface area contributed by atoms with E-state index in [1.807, 2.05) is 18.2 Å². The molecule has 1 heterocycles. The molecule has 4 nitrogen and oxygen atoms in total. The van der Waals surface area contributed by atoms with Crippen molar-refractivity contribution in [2.45, 2.75) is 84.0 Å². The van der Waals surface area contributed by atoms with Gasteiger partial charge in [0.15, 0.2) is 0 Å². The zero-order chi connectivity index (χ0) is 18.0. The molecule has 0 N–H and O–H groups in total. The number of rotatable bonds is 6. The first-order valence-corrected chi connectivity index (χ1v) is 9.17. The average molecular weight is 332 g/mol. The van der Waals surface area contributed by atoms with Crippen molar-refractivity contribution in [3.63, 3.8) is 0 Å². The van der Waals surface area contributed by atoms with Crippen LogP contribution in [-0.4, -0.2) is 22.2 Å². The lowest BCUT2D eigenvalue weighted by Crippen LogP contribution is -2.67. The SMILES string of the molecule is CCC1(CC)C(C)C(N=O)CC(C)(C)N1OC(C)c1ccccc1. The zero-order valence-corrected chi connectivity index (χ0v) is 16.0. The summed E-state index contributed by atoms with van der Waals surface area (Å²) in [6.45, 7) is 12.9. The van der Waals surface area contributed by atoms with E-state index in [0.717, 1.165) is 24.8 Å². The molecule has 3 atom stereocenters. The van der Waals surface area contributed by atoms with Gasteiger partial charge in [0.05, 0.1) is 11.6 Å². The van der Waals surface area contributed by atoms with Gasteiger partial charge in [0.1, 0.15) is 6.10 Å². The van der Waals surface area contributed by atoms with Gasteiger partial charge in [-0.15, -0.1) is 0 Å². The van der Waals surface area contributed by atoms with Crippen LogP contribution in [0.15, 0.2) is 35.5 Å². The summed E-state index contributed by atoms with van der Waals surface area (Å²) < 4.78 is 0. The van der Waals surface area contributed by atoms with Crippen molar-refractivity contribution >= 4 is 0 Å². The number of piperidine rings is 1. The van der Waals surface area contributed by atoms with Crippen LogP contribution < -0.4 is 0 Å². The number of nitroso groups, excluding NO2 is 1. The van der Waals surface area contributed by atoms with Crippen LogP contribution in [0.3, 0.4) is 0 Å². The molecule has 24 heavy (non-hydrogen) atoms. The maximum Gasteiger partial charge on any atom is 0.102 e. The smallest absolute Gasteiger partial charge is 0.102 e. The van der Waals surface area contributed by atoms with Crippen molar-refractivity contribution in [2.24, 2.45) is 11.1 Å². The van der Waals surface area contributed by atoms with E-state index in [1.54, 1.807) is 0 Å². The van der Waals surface area contributed by atoms with Crippen molar-refractivity contribution in [1.29, 1.82) is 0 Å². The minimum Gasteiger partial charge on any atom is -0.290 e. The van der Waals surface area contributed by atoms with E-state index < -0.39 is 0 Å². The minimum absolute atomic E-state index is 0.0316. The second-order valence-electron chi connectivity index (χ2n) is 7.74. The maximum absolute atomic E-state index is 11.4. The average Bonchev–Trinajstić information content (AvgIpc) is 2.59. The van der Waals surface area contributed by atoms with E-state index in [9.17, 15) is 4.91 Å². The van der Waals surface area contributed by atoms with E-state index in [0.29, 0.717) is 0 Å². The lowest BCUT2D eigenvalue weighted by Gasteiger charge is -2.58. The molecule has 1 saturated heterocycles. The van der Waals surface area contributed by atoms with Crippen LogP contribution >= 0.6 is 0 Å². The normalized spacial score (nSPS) is 27.6. The monoisotopic (exact) mass is 332 g/mol. The predicted octanol–water partition coefficient (Wildman–Crippen LogP) is 5.49. The summed E-state index contributed by atoms with van der Waals surface area (Å²) in [6.07, 6.45) is 2.56. The van der Waals surface area contributed by atoms with Crippen LogP contribution in [-0.2, 0) is 4.84 Å². The Morgan fingerprint density at radius 1 is 1.25 bits per heavy atom. The molecule has 2 rings (SSSR count). The molecule has 1 aromatic rings. The van der Waals surface area contributed by atoms with Crippen LogP contribution in [0.1, 0.15) is 72.5 Å². The van der Waals surface area contributed by atoms with Crippen LogP contribution in [0.5, 0.6) is 0 Å². The summed E-state index contributed by atoms with van der Waals surface area (Å²) in [4.78, 5) is 18.0. The van der Waals surface area contributed by atoms with Crippen molar-refractivity contribution in [3.8, 4) is 0 Å². The third kappa shape index (κ3) is 3.27. The summed E-state index contributed by atoms with van der Waals surface area (Å²) in [6, 6.07) is 10.1. The molecule has 1 fully saturated rings. The summed E-state index contributed by atoms with van der Waals surface area (Å²) in [5.74, 6) is 0.168. The van der Waals surface area contributed by atoms with Gasteiger partial charge in [0.25, 0.3) is 0 Å². The zero-order valence-electron chi connectivity index (χ0n) is 16.0. The molecule has 134 valence electrons. The summed E-state index contributed by atoms with van der Waals surface area (Å²) in [5, 5.41) is 5.65. The lowest BCUT2D eigenvalue weighted by atomic mass is 9.67. The highest BCUT2D eigenvalue weighted by Gasteiger charge is 2.55. The van der Waals surface area contributed by atoms with E-state index in [1.165, 1.54) is 0 Å². The summed E-state index contributed by atoms with van der Waals surface area (Å²) >= 11 is 0. The van der Waals surface area contributed by atoms with E-state index in [2.05, 4.69) is 63.9 Å². The van der Waals surface area contributed by atoms with E-state index in [4.69, 9.17) is 4.84 Å². The van der Waals surface area contributed by atoms with Crippen LogP contribution in [0, 0.1) is 10.8 Å². The molecule has 3 unspecified atom stereocenters. The van der Waals surface area contributed by atoms with Gasteiger partial charge in [-0.05, 0) is 45.6 Å². The Morgan fingerprint density at radius 2 is 1.83 bits per heavy atom. The van der Waals surface area contributed by atoms with Gasteiger partial charge in [-0.2, -0.15) is 9.97 Å². The number of hydrogen-bond donors (Lipinski definition) is 0. The third-order valence-electron chi connectivity index (χ3n) is 5.98. The van der Waals surface area contributed by atoms with Crippen LogP contribution in [0.25, 0.3) is 0 Å². The molecule has 0 radical (unpaired) electrons. The predicted molar refractivity (Wildman–Crippen MR) is 98.5 cm³/mol. The number of nitrogens with zero attached hydrogens (tertiary/aromatic N) is 2. The van der Waals surface area contributed by atoms with Gasteiger partial charge in [0.2, 0.25) is 0 Å². The Labute approximate surface area is 146 Å². The highest BCUT2D eigenvalue weighted by Crippen LogP contribution is 2.48. The van der Waals surface area contributed by atoms with Gasteiger partial charge in [-0.3, -0.25) is 4.84 Å². The second kappa shape index (κ2) is 7.32. The summed E-state index contributed by atoms with van der Waals surface area (Å²) in [5.41, 5.74) is 0.751. The Bertz CT molecular complexity index is 540. The van der Waals surface area contributed by atoms with Gasteiger partial charge < -0.3 is 0 Å². The Hall–Kier alpha value is -1.26. The van der Waals surface area contributed by atoms with Gasteiger partial charge in [-0.25, -0.2) is 0 Å². The third-order valence-corrected chi connectivity index (χ3v) is 5.98. The fourth-order valence-corrected chi connectivity index (χ4v) is 4.42. The standard InChI is InChI=1S/C20H32N2O2/c1-7-20(8-2)15(3)18(21-23)14-19(5,6)22(20)24-16(4)17-12-10-9-11-13-17/h9-13,15-16,18H,7-8,14H2,1-6H3. The summed E-state index contributed by atoms with van der Waals surface area (Å²) in [7, 11) is 0.